The second kappa shape index (κ2) is 20.1. The third kappa shape index (κ3) is 37.3. The molecule has 0 bridgehead atoms. The molecule has 0 aromatic heterocycles. The summed E-state index contributed by atoms with van der Waals surface area (Å²) in [7, 11) is 0. The Hall–Kier alpha value is 1.69. The third-order valence-electron chi connectivity index (χ3n) is 0.605. The Kier molecular flexibility index (Phi) is 35.7. The van der Waals surface area contributed by atoms with Crippen molar-refractivity contribution >= 4 is 11.9 Å². The zero-order valence-electron chi connectivity index (χ0n) is 8.94. The Morgan fingerprint density at radius 1 is 0.857 bits per heavy atom. The number of carbonyl (C=O) groups is 2. The average Bonchev–Trinajstić information content (AvgIpc) is 1.87. The molecule has 6 heteroatoms. The first-order valence-corrected chi connectivity index (χ1v) is 3.22. The van der Waals surface area contributed by atoms with E-state index in [2.05, 4.69) is 0 Å². The first-order valence-electron chi connectivity index (χ1n) is 3.22. The van der Waals surface area contributed by atoms with Gasteiger partial charge in [-0.3, -0.25) is 0 Å². The summed E-state index contributed by atoms with van der Waals surface area (Å²) >= 11 is 0. The average molecular weight is 248 g/mol. The number of hydrogen-bond donors (Lipinski definition) is 0. The van der Waals surface area contributed by atoms with Crippen LogP contribution in [0.25, 0.3) is 0 Å². The van der Waals surface area contributed by atoms with Crippen LogP contribution in [0, 0.1) is 0 Å². The maximum absolute atomic E-state index is 9.40. The number of carboxylic acids is 2. The van der Waals surface area contributed by atoms with Crippen LogP contribution in [-0.2, 0) is 9.59 Å². The fourth-order valence-corrected chi connectivity index (χ4v) is 0.272. The van der Waals surface area contributed by atoms with Crippen molar-refractivity contribution in [3.63, 3.8) is 0 Å². The molecular weight excluding hydrogens is 238 g/mol. The maximum Gasteiger partial charge on any atom is 1.00 e. The summed E-state index contributed by atoms with van der Waals surface area (Å²) in [6, 6.07) is 0. The Morgan fingerprint density at radius 2 is 1.07 bits per heavy atom. The zero-order chi connectivity index (χ0) is 9.98. The molecule has 0 fully saturated rings. The van der Waals surface area contributed by atoms with Crippen LogP contribution in [-0.4, -0.2) is 11.9 Å². The summed E-state index contributed by atoms with van der Waals surface area (Å²) in [5, 5.41) is 18.8. The summed E-state index contributed by atoms with van der Waals surface area (Å²) in [4.78, 5) is 18.8. The van der Waals surface area contributed by atoms with Crippen molar-refractivity contribution in [2.45, 2.75) is 13.8 Å². The van der Waals surface area contributed by atoms with Crippen molar-refractivity contribution < 1.29 is 123 Å². The topological polar surface area (TPSA) is 80.3 Å². The van der Waals surface area contributed by atoms with Gasteiger partial charge in [0.2, 0.25) is 0 Å². The van der Waals surface area contributed by atoms with Gasteiger partial charge in [-0.25, -0.2) is 0 Å². The Labute approximate surface area is 169 Å². The van der Waals surface area contributed by atoms with Gasteiger partial charge in [0, 0.05) is 0 Å². The molecule has 0 heterocycles. The van der Waals surface area contributed by atoms with Crippen LogP contribution >= 0.6 is 0 Å². The van der Waals surface area contributed by atoms with E-state index in [1.54, 1.807) is 13.8 Å². The number of carbonyl (C=O) groups excluding carboxylic acids is 2. The molecule has 0 spiro atoms. The van der Waals surface area contributed by atoms with Crippen LogP contribution in [0.5, 0.6) is 0 Å². The molecule has 0 saturated heterocycles. The first kappa shape index (κ1) is 24.8. The maximum atomic E-state index is 9.40. The number of allylic oxidation sites excluding steroid dienone is 2. The third-order valence-corrected chi connectivity index (χ3v) is 0.605. The monoisotopic (exact) mass is 248 g/mol. The fourth-order valence-electron chi connectivity index (χ4n) is 0.272. The predicted octanol–water partition coefficient (Wildman–Crippen LogP) is -7.37. The van der Waals surface area contributed by atoms with E-state index < -0.39 is 11.9 Å². The van der Waals surface area contributed by atoms with Crippen LogP contribution in [0.4, 0.5) is 0 Å². The minimum Gasteiger partial charge on any atom is -0.545 e. The minimum atomic E-state index is -1.14. The van der Waals surface area contributed by atoms with Crippen molar-refractivity contribution in [3.05, 3.63) is 24.3 Å². The molecule has 0 aliphatic rings. The quantitative estimate of drug-likeness (QED) is 0.359. The van der Waals surface area contributed by atoms with Gasteiger partial charge in [-0.15, -0.1) is 0 Å². The molecule has 0 rings (SSSR count). The number of aliphatic carboxylic acids is 2. The van der Waals surface area contributed by atoms with E-state index >= 15 is 0 Å². The second-order valence-corrected chi connectivity index (χ2v) is 1.64. The van der Waals surface area contributed by atoms with Crippen molar-refractivity contribution in [3.8, 4) is 0 Å². The molecule has 0 radical (unpaired) electrons. The van der Waals surface area contributed by atoms with Crippen LogP contribution in [0.3, 0.4) is 0 Å². The fraction of sp³-hybridized carbons (Fsp3) is 0.250. The van der Waals surface area contributed by atoms with Gasteiger partial charge in [0.25, 0.3) is 0 Å². The van der Waals surface area contributed by atoms with Crippen molar-refractivity contribution in [1.29, 1.82) is 0 Å². The number of rotatable bonds is 2. The summed E-state index contributed by atoms with van der Waals surface area (Å²) in [5.41, 5.74) is 0. The summed E-state index contributed by atoms with van der Waals surface area (Å²) in [6.45, 7) is 3.24. The van der Waals surface area contributed by atoms with Crippen LogP contribution < -0.4 is 113 Å². The van der Waals surface area contributed by atoms with E-state index in [9.17, 15) is 19.8 Å². The molecule has 4 nitrogen and oxygen atoms in total. The molecule has 0 N–H and O–H groups in total. The SMILES string of the molecule is C/C=C/C(=O)[O-].C/C=C/C(=O)[O-].[K+].[K+]. The molecule has 0 aliphatic heterocycles. The second-order valence-electron chi connectivity index (χ2n) is 1.64. The largest absolute Gasteiger partial charge is 1.00 e. The summed E-state index contributed by atoms with van der Waals surface area (Å²) in [5.74, 6) is -2.28. The van der Waals surface area contributed by atoms with Crippen molar-refractivity contribution in [2.75, 3.05) is 0 Å². The van der Waals surface area contributed by atoms with Crippen molar-refractivity contribution in [2.24, 2.45) is 0 Å². The van der Waals surface area contributed by atoms with Crippen LogP contribution in [0.1, 0.15) is 13.8 Å². The van der Waals surface area contributed by atoms with Crippen LogP contribution in [0.15, 0.2) is 24.3 Å². The van der Waals surface area contributed by atoms with Gasteiger partial charge < -0.3 is 19.8 Å². The number of hydrogen-bond acceptors (Lipinski definition) is 4. The summed E-state index contributed by atoms with van der Waals surface area (Å²) in [6.07, 6.45) is 4.77. The van der Waals surface area contributed by atoms with Gasteiger partial charge in [0.1, 0.15) is 0 Å². The summed E-state index contributed by atoms with van der Waals surface area (Å²) < 4.78 is 0. The molecule has 0 unspecified atom stereocenters. The molecule has 0 aliphatic carbocycles. The van der Waals surface area contributed by atoms with E-state index in [0.29, 0.717) is 0 Å². The van der Waals surface area contributed by atoms with E-state index in [1.807, 2.05) is 0 Å². The van der Waals surface area contributed by atoms with Gasteiger partial charge in [-0.05, 0) is 26.0 Å². The van der Waals surface area contributed by atoms with Crippen LogP contribution in [0.2, 0.25) is 0 Å². The van der Waals surface area contributed by atoms with E-state index in [-0.39, 0.29) is 103 Å². The van der Waals surface area contributed by atoms with Gasteiger partial charge in [0.15, 0.2) is 0 Å². The molecular formula is C8H10K2O4. The molecule has 0 atom stereocenters. The zero-order valence-corrected chi connectivity index (χ0v) is 15.2. The normalized spacial score (nSPS) is 8.14. The Morgan fingerprint density at radius 3 is 1.07 bits per heavy atom. The molecule has 0 saturated carbocycles. The van der Waals surface area contributed by atoms with Crippen molar-refractivity contribution in [1.82, 2.24) is 0 Å². The number of carboxylic acid groups (broad SMARTS) is 2. The van der Waals surface area contributed by atoms with E-state index in [1.165, 1.54) is 12.2 Å². The molecule has 68 valence electrons. The Bertz CT molecular complexity index is 178. The van der Waals surface area contributed by atoms with Gasteiger partial charge in [-0.2, -0.15) is 0 Å². The minimum absolute atomic E-state index is 0. The molecule has 0 aromatic carbocycles. The predicted molar refractivity (Wildman–Crippen MR) is 39.6 cm³/mol. The smallest absolute Gasteiger partial charge is 0.545 e. The molecule has 0 aromatic rings. The van der Waals surface area contributed by atoms with E-state index in [0.717, 1.165) is 12.2 Å². The molecule has 0 amide bonds. The van der Waals surface area contributed by atoms with Gasteiger partial charge in [0.05, 0.1) is 11.9 Å². The van der Waals surface area contributed by atoms with Gasteiger partial charge in [-0.1, -0.05) is 12.2 Å². The first-order chi connectivity index (χ1) is 5.54. The standard InChI is InChI=1S/2C4H6O2.2K/c2*1-2-3-4(5)6;;/h2*2-3H,1H3,(H,5,6);;/q;;2*+1/p-2/b2*3-2+;;. The van der Waals surface area contributed by atoms with E-state index in [4.69, 9.17) is 0 Å². The van der Waals surface area contributed by atoms with Gasteiger partial charge >= 0.3 is 103 Å². The molecule has 14 heavy (non-hydrogen) atoms. The Balaban J connectivity index is -0.0000000625.